The van der Waals surface area contributed by atoms with Crippen molar-refractivity contribution in [2.24, 2.45) is 0 Å². The van der Waals surface area contributed by atoms with Gasteiger partial charge in [0.05, 0.1) is 39.6 Å². The Morgan fingerprint density at radius 1 is 1.16 bits per heavy atom. The minimum atomic E-state index is -0.480. The van der Waals surface area contributed by atoms with Gasteiger partial charge in [0.1, 0.15) is 6.61 Å². The molecule has 1 aromatic rings. The van der Waals surface area contributed by atoms with Gasteiger partial charge in [-0.3, -0.25) is 4.90 Å². The van der Waals surface area contributed by atoms with Crippen LogP contribution in [-0.4, -0.2) is 81.4 Å². The first-order chi connectivity index (χ1) is 15.1. The molecule has 2 aliphatic rings. The zero-order valence-electron chi connectivity index (χ0n) is 18.7. The Kier molecular flexibility index (Phi) is 9.24. The number of nitrogens with zero attached hydrogens (tertiary/aromatic N) is 1. The Bertz CT molecular complexity index is 701. The van der Waals surface area contributed by atoms with E-state index in [0.29, 0.717) is 37.3 Å². The lowest BCUT2D eigenvalue weighted by Gasteiger charge is -2.37. The Hall–Kier alpha value is -2.03. The van der Waals surface area contributed by atoms with E-state index in [-0.39, 0.29) is 12.2 Å². The van der Waals surface area contributed by atoms with Crippen LogP contribution >= 0.6 is 0 Å². The zero-order valence-corrected chi connectivity index (χ0v) is 18.7. The number of methoxy groups -OCH3 is 2. The normalized spacial score (nSPS) is 24.0. The second-order valence-corrected chi connectivity index (χ2v) is 8.20. The fraction of sp³-hybridized carbons (Fsp3) is 0.696. The number of nitrogens with one attached hydrogen (secondary N) is 1. The molecular weight excluding hydrogens is 400 g/mol. The van der Waals surface area contributed by atoms with E-state index in [1.165, 1.54) is 20.0 Å². The van der Waals surface area contributed by atoms with Gasteiger partial charge < -0.3 is 29.4 Å². The molecule has 1 saturated carbocycles. The third-order valence-electron chi connectivity index (χ3n) is 6.10. The molecule has 1 heterocycles. The lowest BCUT2D eigenvalue weighted by Crippen LogP contribution is -2.46. The van der Waals surface area contributed by atoms with E-state index in [2.05, 4.69) is 15.0 Å². The summed E-state index contributed by atoms with van der Waals surface area (Å²) in [5.74, 6) is 1.30. The fourth-order valence-corrected chi connectivity index (χ4v) is 4.46. The standard InChI is InChI=1S/C23H36N2O6/c1-28-22-15-17(7-8-21(22)31-14-11-24-23(27)29-2)10-13-30-20-6-4-3-5-19(20)25-12-9-18(26)16-25/h7-8,15,18-20,26H,3-6,9-14,16H2,1-2H3,(H,24,27)/t18-,19?,20+/m1/s1. The van der Waals surface area contributed by atoms with Crippen LogP contribution in [0, 0.1) is 0 Å². The van der Waals surface area contributed by atoms with E-state index in [1.807, 2.05) is 18.2 Å². The molecule has 3 atom stereocenters. The molecule has 1 saturated heterocycles. The highest BCUT2D eigenvalue weighted by Crippen LogP contribution is 2.30. The van der Waals surface area contributed by atoms with Crippen molar-refractivity contribution in [1.82, 2.24) is 10.2 Å². The first-order valence-electron chi connectivity index (χ1n) is 11.3. The molecular formula is C23H36N2O6. The third kappa shape index (κ3) is 6.98. The number of carbonyl (C=O) groups is 1. The monoisotopic (exact) mass is 436 g/mol. The quantitative estimate of drug-likeness (QED) is 0.544. The Morgan fingerprint density at radius 3 is 2.74 bits per heavy atom. The minimum Gasteiger partial charge on any atom is -0.493 e. The molecule has 1 aliphatic carbocycles. The van der Waals surface area contributed by atoms with Crippen LogP contribution < -0.4 is 14.8 Å². The molecule has 0 spiro atoms. The summed E-state index contributed by atoms with van der Waals surface area (Å²) in [7, 11) is 2.94. The van der Waals surface area contributed by atoms with E-state index >= 15 is 0 Å². The van der Waals surface area contributed by atoms with E-state index in [4.69, 9.17) is 14.2 Å². The van der Waals surface area contributed by atoms with Crippen molar-refractivity contribution in [3.63, 3.8) is 0 Å². The van der Waals surface area contributed by atoms with E-state index < -0.39 is 6.09 Å². The second kappa shape index (κ2) is 12.1. The molecule has 1 amide bonds. The van der Waals surface area contributed by atoms with Crippen molar-refractivity contribution in [3.05, 3.63) is 23.8 Å². The van der Waals surface area contributed by atoms with E-state index in [9.17, 15) is 9.90 Å². The summed E-state index contributed by atoms with van der Waals surface area (Å²) in [5.41, 5.74) is 1.13. The summed E-state index contributed by atoms with van der Waals surface area (Å²) < 4.78 is 22.0. The summed E-state index contributed by atoms with van der Waals surface area (Å²) >= 11 is 0. The summed E-state index contributed by atoms with van der Waals surface area (Å²) in [6.07, 6.45) is 5.94. The molecule has 3 rings (SSSR count). The molecule has 1 unspecified atom stereocenters. The van der Waals surface area contributed by atoms with Crippen LogP contribution in [0.5, 0.6) is 11.5 Å². The van der Waals surface area contributed by atoms with E-state index in [0.717, 1.165) is 44.3 Å². The first-order valence-corrected chi connectivity index (χ1v) is 11.3. The van der Waals surface area contributed by atoms with Crippen LogP contribution in [0.2, 0.25) is 0 Å². The maximum Gasteiger partial charge on any atom is 0.406 e. The van der Waals surface area contributed by atoms with Gasteiger partial charge in [-0.25, -0.2) is 4.79 Å². The molecule has 31 heavy (non-hydrogen) atoms. The van der Waals surface area contributed by atoms with Crippen LogP contribution in [0.3, 0.4) is 0 Å². The molecule has 1 aromatic carbocycles. The molecule has 2 N–H and O–H groups in total. The highest BCUT2D eigenvalue weighted by molar-refractivity contribution is 5.66. The summed E-state index contributed by atoms with van der Waals surface area (Å²) in [6.45, 7) is 3.08. The van der Waals surface area contributed by atoms with Crippen LogP contribution in [0.25, 0.3) is 0 Å². The van der Waals surface area contributed by atoms with Crippen LogP contribution in [0.4, 0.5) is 4.79 Å². The van der Waals surface area contributed by atoms with Crippen molar-refractivity contribution >= 4 is 6.09 Å². The minimum absolute atomic E-state index is 0.188. The number of ether oxygens (including phenoxy) is 4. The number of rotatable bonds is 10. The van der Waals surface area contributed by atoms with Gasteiger partial charge in [0.25, 0.3) is 0 Å². The molecule has 0 radical (unpaired) electrons. The predicted octanol–water partition coefficient (Wildman–Crippen LogP) is 2.37. The molecule has 8 heteroatoms. The number of hydrogen-bond acceptors (Lipinski definition) is 7. The van der Waals surface area contributed by atoms with Gasteiger partial charge in [0.2, 0.25) is 0 Å². The maximum atomic E-state index is 11.1. The molecule has 174 valence electrons. The van der Waals surface area contributed by atoms with E-state index in [1.54, 1.807) is 7.11 Å². The molecule has 0 bridgehead atoms. The number of amides is 1. The molecule has 0 aromatic heterocycles. The Morgan fingerprint density at radius 2 is 2.00 bits per heavy atom. The highest BCUT2D eigenvalue weighted by Gasteiger charge is 2.34. The van der Waals surface area contributed by atoms with Gasteiger partial charge in [0.15, 0.2) is 11.5 Å². The predicted molar refractivity (Wildman–Crippen MR) is 117 cm³/mol. The van der Waals surface area contributed by atoms with Gasteiger partial charge in [-0.15, -0.1) is 0 Å². The number of aliphatic hydroxyl groups is 1. The number of aliphatic hydroxyl groups excluding tert-OH is 1. The van der Waals surface area contributed by atoms with Gasteiger partial charge in [-0.2, -0.15) is 0 Å². The average Bonchev–Trinajstić information content (AvgIpc) is 3.23. The number of benzene rings is 1. The highest BCUT2D eigenvalue weighted by atomic mass is 16.5. The fourth-order valence-electron chi connectivity index (χ4n) is 4.46. The number of likely N-dealkylation sites (tertiary alicyclic amines) is 1. The Labute approximate surface area is 184 Å². The largest absolute Gasteiger partial charge is 0.493 e. The van der Waals surface area contributed by atoms with Crippen molar-refractivity contribution in [2.45, 2.75) is 56.8 Å². The van der Waals surface area contributed by atoms with Crippen molar-refractivity contribution < 1.29 is 28.8 Å². The lowest BCUT2D eigenvalue weighted by molar-refractivity contribution is -0.0316. The number of carbonyl (C=O) groups excluding carboxylic acids is 1. The number of β-amino-alcohol motifs (C(OH)–C–C–N with tert-alkyl or cyclic N) is 1. The van der Waals surface area contributed by atoms with Gasteiger partial charge in [-0.05, 0) is 43.4 Å². The third-order valence-corrected chi connectivity index (χ3v) is 6.10. The molecule has 2 fully saturated rings. The second-order valence-electron chi connectivity index (χ2n) is 8.20. The van der Waals surface area contributed by atoms with Gasteiger partial charge in [-0.1, -0.05) is 18.9 Å². The zero-order chi connectivity index (χ0) is 22.1. The van der Waals surface area contributed by atoms with Gasteiger partial charge in [0, 0.05) is 19.1 Å². The van der Waals surface area contributed by atoms with Crippen molar-refractivity contribution in [1.29, 1.82) is 0 Å². The molecule has 8 nitrogen and oxygen atoms in total. The van der Waals surface area contributed by atoms with Gasteiger partial charge >= 0.3 is 6.09 Å². The van der Waals surface area contributed by atoms with Crippen molar-refractivity contribution in [3.8, 4) is 11.5 Å². The molecule has 1 aliphatic heterocycles. The van der Waals surface area contributed by atoms with Crippen LogP contribution in [0.15, 0.2) is 18.2 Å². The summed E-state index contributed by atoms with van der Waals surface area (Å²) in [6, 6.07) is 6.31. The SMILES string of the molecule is COC(=O)NCCOc1ccc(CCO[C@H]2CCCCC2N2CC[C@@H](O)C2)cc1OC. The summed E-state index contributed by atoms with van der Waals surface area (Å²) in [5, 5.41) is 12.5. The number of alkyl carbamates (subject to hydrolysis) is 1. The first kappa shape index (κ1) is 23.6. The van der Waals surface area contributed by atoms with Crippen LogP contribution in [-0.2, 0) is 15.9 Å². The summed E-state index contributed by atoms with van der Waals surface area (Å²) in [4.78, 5) is 13.5. The Balaban J connectivity index is 1.46. The average molecular weight is 437 g/mol. The lowest BCUT2D eigenvalue weighted by atomic mass is 9.91. The topological polar surface area (TPSA) is 89.5 Å². The smallest absolute Gasteiger partial charge is 0.406 e. The van der Waals surface area contributed by atoms with Crippen LogP contribution in [0.1, 0.15) is 37.7 Å². The number of hydrogen-bond donors (Lipinski definition) is 2. The van der Waals surface area contributed by atoms with Crippen molar-refractivity contribution in [2.75, 3.05) is 47.1 Å². The maximum absolute atomic E-state index is 11.1.